The summed E-state index contributed by atoms with van der Waals surface area (Å²) in [6.07, 6.45) is 0. The van der Waals surface area contributed by atoms with E-state index in [4.69, 9.17) is 5.73 Å². The van der Waals surface area contributed by atoms with Crippen LogP contribution in [0.25, 0.3) is 0 Å². The highest BCUT2D eigenvalue weighted by molar-refractivity contribution is 9.10. The molecule has 2 unspecified atom stereocenters. The first-order chi connectivity index (χ1) is 6.75. The quantitative estimate of drug-likeness (QED) is 0.827. The molecule has 3 rings (SSSR count). The van der Waals surface area contributed by atoms with Gasteiger partial charge in [-0.05, 0) is 30.0 Å². The largest absolute Gasteiger partial charge is 0.371 e. The summed E-state index contributed by atoms with van der Waals surface area (Å²) in [5.41, 5.74) is 7.22. The molecule has 2 fully saturated rings. The minimum Gasteiger partial charge on any atom is -0.371 e. The van der Waals surface area contributed by atoms with Gasteiger partial charge in [0.15, 0.2) is 0 Å². The predicted octanol–water partition coefficient (Wildman–Crippen LogP) is 1.84. The number of fused-ring (bicyclic) bond motifs is 1. The van der Waals surface area contributed by atoms with Crippen LogP contribution in [0.3, 0.4) is 0 Å². The third kappa shape index (κ3) is 1.27. The Hall–Kier alpha value is -0.540. The fraction of sp³-hybridized carbons (Fsp3) is 0.455. The molecule has 0 amide bonds. The van der Waals surface area contributed by atoms with Gasteiger partial charge in [0.25, 0.3) is 0 Å². The van der Waals surface area contributed by atoms with Crippen molar-refractivity contribution in [3.05, 3.63) is 28.7 Å². The third-order valence-corrected chi connectivity index (χ3v) is 3.93. The van der Waals surface area contributed by atoms with Crippen molar-refractivity contribution in [3.63, 3.8) is 0 Å². The van der Waals surface area contributed by atoms with Gasteiger partial charge >= 0.3 is 0 Å². The van der Waals surface area contributed by atoms with E-state index in [1.54, 1.807) is 0 Å². The van der Waals surface area contributed by atoms with Gasteiger partial charge in [-0.15, -0.1) is 0 Å². The molecule has 1 saturated carbocycles. The highest BCUT2D eigenvalue weighted by Gasteiger charge is 2.53. The van der Waals surface area contributed by atoms with Crippen LogP contribution in [-0.2, 0) is 0 Å². The molecule has 1 aromatic carbocycles. The summed E-state index contributed by atoms with van der Waals surface area (Å²) in [6.45, 7) is 2.28. The van der Waals surface area contributed by atoms with Gasteiger partial charge in [0, 0.05) is 29.3 Å². The maximum atomic E-state index is 5.91. The van der Waals surface area contributed by atoms with E-state index < -0.39 is 0 Å². The topological polar surface area (TPSA) is 29.3 Å². The van der Waals surface area contributed by atoms with Gasteiger partial charge in [-0.25, -0.2) is 0 Å². The molecule has 1 saturated heterocycles. The van der Waals surface area contributed by atoms with Gasteiger partial charge in [0.05, 0.1) is 0 Å². The first-order valence-electron chi connectivity index (χ1n) is 5.02. The molecule has 0 aromatic heterocycles. The second kappa shape index (κ2) is 2.97. The highest BCUT2D eigenvalue weighted by Crippen LogP contribution is 2.45. The zero-order chi connectivity index (χ0) is 9.71. The fourth-order valence-electron chi connectivity index (χ4n) is 2.46. The standard InChI is InChI=1S/C11H13BrN2/c12-7-2-1-3-8(4-7)14-5-9-10(6-14)11(9)13/h1-4,9-11H,5-6,13H2. The second-order valence-electron chi connectivity index (χ2n) is 4.29. The van der Waals surface area contributed by atoms with Crippen molar-refractivity contribution in [2.75, 3.05) is 18.0 Å². The minimum atomic E-state index is 0.485. The summed E-state index contributed by atoms with van der Waals surface area (Å²) < 4.78 is 1.15. The summed E-state index contributed by atoms with van der Waals surface area (Å²) in [7, 11) is 0. The highest BCUT2D eigenvalue weighted by atomic mass is 79.9. The molecular weight excluding hydrogens is 240 g/mol. The van der Waals surface area contributed by atoms with Crippen molar-refractivity contribution in [3.8, 4) is 0 Å². The number of nitrogens with two attached hydrogens (primary N) is 1. The van der Waals surface area contributed by atoms with Crippen LogP contribution >= 0.6 is 15.9 Å². The van der Waals surface area contributed by atoms with Gasteiger partial charge in [-0.3, -0.25) is 0 Å². The SMILES string of the molecule is NC1C2CN(c3cccc(Br)c3)CC12. The van der Waals surface area contributed by atoms with Crippen LogP contribution in [0.2, 0.25) is 0 Å². The van der Waals surface area contributed by atoms with Crippen molar-refractivity contribution in [1.29, 1.82) is 0 Å². The van der Waals surface area contributed by atoms with Crippen molar-refractivity contribution in [1.82, 2.24) is 0 Å². The third-order valence-electron chi connectivity index (χ3n) is 3.43. The Bertz CT molecular complexity index is 354. The Labute approximate surface area is 92.2 Å². The van der Waals surface area contributed by atoms with Gasteiger partial charge < -0.3 is 10.6 Å². The molecule has 0 bridgehead atoms. The first-order valence-corrected chi connectivity index (χ1v) is 5.81. The Morgan fingerprint density at radius 3 is 2.64 bits per heavy atom. The zero-order valence-corrected chi connectivity index (χ0v) is 9.44. The molecule has 1 heterocycles. The number of piperidine rings is 1. The number of hydrogen-bond acceptors (Lipinski definition) is 2. The maximum absolute atomic E-state index is 5.91. The molecule has 0 spiro atoms. The van der Waals surface area contributed by atoms with E-state index in [2.05, 4.69) is 45.1 Å². The molecular formula is C11H13BrN2. The lowest BCUT2D eigenvalue weighted by Crippen LogP contribution is -2.27. The van der Waals surface area contributed by atoms with Crippen LogP contribution in [0.1, 0.15) is 0 Å². The lowest BCUT2D eigenvalue weighted by molar-refractivity contribution is 0.743. The molecule has 3 heteroatoms. The predicted molar refractivity (Wildman–Crippen MR) is 61.3 cm³/mol. The average Bonchev–Trinajstić information content (AvgIpc) is 2.66. The zero-order valence-electron chi connectivity index (χ0n) is 7.86. The van der Waals surface area contributed by atoms with E-state index in [0.29, 0.717) is 6.04 Å². The number of halogens is 1. The molecule has 14 heavy (non-hydrogen) atoms. The van der Waals surface area contributed by atoms with Crippen LogP contribution in [0.15, 0.2) is 28.7 Å². The number of benzene rings is 1. The Balaban J connectivity index is 1.79. The fourth-order valence-corrected chi connectivity index (χ4v) is 2.84. The molecule has 1 aliphatic carbocycles. The molecule has 1 aromatic rings. The van der Waals surface area contributed by atoms with Gasteiger partial charge in [-0.2, -0.15) is 0 Å². The molecule has 2 nitrogen and oxygen atoms in total. The lowest BCUT2D eigenvalue weighted by Gasteiger charge is -2.21. The van der Waals surface area contributed by atoms with E-state index in [-0.39, 0.29) is 0 Å². The molecule has 74 valence electrons. The van der Waals surface area contributed by atoms with Crippen LogP contribution in [-0.4, -0.2) is 19.1 Å². The lowest BCUT2D eigenvalue weighted by atomic mass is 10.3. The molecule has 0 radical (unpaired) electrons. The Morgan fingerprint density at radius 2 is 2.00 bits per heavy atom. The summed E-state index contributed by atoms with van der Waals surface area (Å²) >= 11 is 3.50. The summed E-state index contributed by atoms with van der Waals surface area (Å²) in [6, 6.07) is 8.98. The van der Waals surface area contributed by atoms with E-state index in [0.717, 1.165) is 29.4 Å². The summed E-state index contributed by atoms with van der Waals surface area (Å²) in [5, 5.41) is 0. The number of nitrogens with zero attached hydrogens (tertiary/aromatic N) is 1. The Morgan fingerprint density at radius 1 is 1.29 bits per heavy atom. The number of anilines is 1. The van der Waals surface area contributed by atoms with Gasteiger partial charge in [0.2, 0.25) is 0 Å². The molecule has 2 N–H and O–H groups in total. The van der Waals surface area contributed by atoms with E-state index in [9.17, 15) is 0 Å². The molecule has 2 atom stereocenters. The monoisotopic (exact) mass is 252 g/mol. The van der Waals surface area contributed by atoms with Crippen LogP contribution < -0.4 is 10.6 Å². The minimum absolute atomic E-state index is 0.485. The molecule has 2 aliphatic rings. The van der Waals surface area contributed by atoms with E-state index >= 15 is 0 Å². The van der Waals surface area contributed by atoms with Crippen molar-refractivity contribution in [2.24, 2.45) is 17.6 Å². The molecule has 1 aliphatic heterocycles. The number of hydrogen-bond donors (Lipinski definition) is 1. The van der Waals surface area contributed by atoms with E-state index in [1.165, 1.54) is 5.69 Å². The Kier molecular flexibility index (Phi) is 1.86. The van der Waals surface area contributed by atoms with Crippen LogP contribution in [0.5, 0.6) is 0 Å². The van der Waals surface area contributed by atoms with Crippen LogP contribution in [0, 0.1) is 11.8 Å². The second-order valence-corrected chi connectivity index (χ2v) is 5.21. The van der Waals surface area contributed by atoms with Gasteiger partial charge in [0.1, 0.15) is 0 Å². The first kappa shape index (κ1) is 8.74. The summed E-state index contributed by atoms with van der Waals surface area (Å²) in [5.74, 6) is 1.52. The van der Waals surface area contributed by atoms with Crippen LogP contribution in [0.4, 0.5) is 5.69 Å². The number of rotatable bonds is 1. The smallest absolute Gasteiger partial charge is 0.0377 e. The van der Waals surface area contributed by atoms with Crippen molar-refractivity contribution < 1.29 is 0 Å². The average molecular weight is 253 g/mol. The van der Waals surface area contributed by atoms with E-state index in [1.807, 2.05) is 0 Å². The maximum Gasteiger partial charge on any atom is 0.0377 e. The van der Waals surface area contributed by atoms with Gasteiger partial charge in [-0.1, -0.05) is 22.0 Å². The summed E-state index contributed by atoms with van der Waals surface area (Å²) in [4.78, 5) is 2.43. The normalized spacial score (nSPS) is 34.4. The van der Waals surface area contributed by atoms with Crippen molar-refractivity contribution in [2.45, 2.75) is 6.04 Å². The van der Waals surface area contributed by atoms with Crippen molar-refractivity contribution >= 4 is 21.6 Å².